The van der Waals surface area contributed by atoms with Crippen molar-refractivity contribution in [1.82, 2.24) is 4.90 Å². The molecule has 116 valence electrons. The molecule has 0 bridgehead atoms. The third kappa shape index (κ3) is 5.30. The molecule has 1 heterocycles. The van der Waals surface area contributed by atoms with E-state index < -0.39 is 0 Å². The number of carbonyl (C=O) groups excluding carboxylic acids is 1. The van der Waals surface area contributed by atoms with E-state index in [1.165, 1.54) is 5.56 Å². The molecule has 5 heteroatoms. The third-order valence-electron chi connectivity index (χ3n) is 3.69. The van der Waals surface area contributed by atoms with Gasteiger partial charge in [0.05, 0.1) is 23.9 Å². The van der Waals surface area contributed by atoms with Gasteiger partial charge in [-0.05, 0) is 37.1 Å². The van der Waals surface area contributed by atoms with E-state index in [1.54, 1.807) is 0 Å². The van der Waals surface area contributed by atoms with Crippen molar-refractivity contribution in [3.63, 3.8) is 0 Å². The second-order valence-corrected chi connectivity index (χ2v) is 5.68. The molecule has 1 aromatic carbocycles. The SMILES string of the molecule is CCc1ccc(Cl)c(NC(=O)CCCN2CCOCC2)c1. The lowest BCUT2D eigenvalue weighted by atomic mass is 10.1. The molecule has 0 spiro atoms. The van der Waals surface area contributed by atoms with Crippen molar-refractivity contribution >= 4 is 23.2 Å². The second-order valence-electron chi connectivity index (χ2n) is 5.27. The van der Waals surface area contributed by atoms with Crippen molar-refractivity contribution in [2.75, 3.05) is 38.2 Å². The Kier molecular flexibility index (Phi) is 6.49. The van der Waals surface area contributed by atoms with Crippen LogP contribution in [-0.2, 0) is 16.0 Å². The van der Waals surface area contributed by atoms with Crippen LogP contribution in [0.3, 0.4) is 0 Å². The molecule has 1 aliphatic rings. The van der Waals surface area contributed by atoms with Gasteiger partial charge in [-0.3, -0.25) is 9.69 Å². The largest absolute Gasteiger partial charge is 0.379 e. The fourth-order valence-corrected chi connectivity index (χ4v) is 2.55. The van der Waals surface area contributed by atoms with Gasteiger partial charge in [-0.25, -0.2) is 0 Å². The van der Waals surface area contributed by atoms with Crippen LogP contribution in [0, 0.1) is 0 Å². The van der Waals surface area contributed by atoms with Crippen molar-refractivity contribution in [3.8, 4) is 0 Å². The molecule has 1 saturated heterocycles. The van der Waals surface area contributed by atoms with Crippen LogP contribution in [0.1, 0.15) is 25.3 Å². The first kappa shape index (κ1) is 16.3. The minimum atomic E-state index is 0.0263. The summed E-state index contributed by atoms with van der Waals surface area (Å²) in [6, 6.07) is 5.77. The summed E-state index contributed by atoms with van der Waals surface area (Å²) in [5.41, 5.74) is 1.88. The Bertz CT molecular complexity index is 473. The average molecular weight is 311 g/mol. The first-order valence-corrected chi connectivity index (χ1v) is 7.95. The Hall–Kier alpha value is -1.10. The van der Waals surface area contributed by atoms with Crippen LogP contribution >= 0.6 is 11.6 Å². The summed E-state index contributed by atoms with van der Waals surface area (Å²) < 4.78 is 5.31. The third-order valence-corrected chi connectivity index (χ3v) is 4.02. The fourth-order valence-electron chi connectivity index (χ4n) is 2.39. The zero-order valence-electron chi connectivity index (χ0n) is 12.5. The van der Waals surface area contributed by atoms with Gasteiger partial charge in [0.1, 0.15) is 0 Å². The average Bonchev–Trinajstić information content (AvgIpc) is 2.50. The molecule has 0 atom stereocenters. The van der Waals surface area contributed by atoms with Crippen LogP contribution in [0.4, 0.5) is 5.69 Å². The van der Waals surface area contributed by atoms with Gasteiger partial charge in [0.15, 0.2) is 0 Å². The van der Waals surface area contributed by atoms with Gasteiger partial charge in [-0.15, -0.1) is 0 Å². The van der Waals surface area contributed by atoms with E-state index in [0.717, 1.165) is 45.7 Å². The summed E-state index contributed by atoms with van der Waals surface area (Å²) in [6.07, 6.45) is 2.30. The molecule has 0 aromatic heterocycles. The monoisotopic (exact) mass is 310 g/mol. The molecule has 1 aliphatic heterocycles. The number of ether oxygens (including phenoxy) is 1. The van der Waals surface area contributed by atoms with Crippen molar-refractivity contribution in [2.45, 2.75) is 26.2 Å². The molecule has 1 N–H and O–H groups in total. The topological polar surface area (TPSA) is 41.6 Å². The van der Waals surface area contributed by atoms with E-state index in [0.29, 0.717) is 17.1 Å². The van der Waals surface area contributed by atoms with Gasteiger partial charge in [0, 0.05) is 19.5 Å². The number of carbonyl (C=O) groups is 1. The van der Waals surface area contributed by atoms with Gasteiger partial charge >= 0.3 is 0 Å². The number of halogens is 1. The molecule has 0 radical (unpaired) electrons. The van der Waals surface area contributed by atoms with Crippen molar-refractivity contribution in [1.29, 1.82) is 0 Å². The standard InChI is InChI=1S/C16H23ClN2O2/c1-2-13-5-6-14(17)15(12-13)18-16(20)4-3-7-19-8-10-21-11-9-19/h5-6,12H,2-4,7-11H2,1H3,(H,18,20). The highest BCUT2D eigenvalue weighted by molar-refractivity contribution is 6.33. The van der Waals surface area contributed by atoms with Crippen molar-refractivity contribution in [3.05, 3.63) is 28.8 Å². The predicted octanol–water partition coefficient (Wildman–Crippen LogP) is 2.95. The molecule has 1 aromatic rings. The summed E-state index contributed by atoms with van der Waals surface area (Å²) in [5.74, 6) is 0.0263. The van der Waals surface area contributed by atoms with E-state index in [4.69, 9.17) is 16.3 Å². The predicted molar refractivity (Wildman–Crippen MR) is 86.0 cm³/mol. The summed E-state index contributed by atoms with van der Waals surface area (Å²) in [6.45, 7) is 6.55. The van der Waals surface area contributed by atoms with Crippen LogP contribution in [0.5, 0.6) is 0 Å². The van der Waals surface area contributed by atoms with Gasteiger partial charge in [-0.1, -0.05) is 24.6 Å². The summed E-state index contributed by atoms with van der Waals surface area (Å²) in [4.78, 5) is 14.3. The van der Waals surface area contributed by atoms with E-state index in [-0.39, 0.29) is 5.91 Å². The molecule has 2 rings (SSSR count). The minimum absolute atomic E-state index is 0.0263. The lowest BCUT2D eigenvalue weighted by molar-refractivity contribution is -0.116. The molecule has 1 amide bonds. The zero-order chi connectivity index (χ0) is 15.1. The second kappa shape index (κ2) is 8.37. The molecular weight excluding hydrogens is 288 g/mol. The zero-order valence-corrected chi connectivity index (χ0v) is 13.3. The normalized spacial score (nSPS) is 15.9. The lowest BCUT2D eigenvalue weighted by Crippen LogP contribution is -2.37. The van der Waals surface area contributed by atoms with Crippen LogP contribution in [-0.4, -0.2) is 43.7 Å². The number of benzene rings is 1. The molecular formula is C16H23ClN2O2. The Morgan fingerprint density at radius 2 is 2.14 bits per heavy atom. The molecule has 21 heavy (non-hydrogen) atoms. The van der Waals surface area contributed by atoms with Gasteiger partial charge in [0.25, 0.3) is 0 Å². The minimum Gasteiger partial charge on any atom is -0.379 e. The number of hydrogen-bond donors (Lipinski definition) is 1. The molecule has 0 unspecified atom stereocenters. The Balaban J connectivity index is 1.76. The number of nitrogens with zero attached hydrogens (tertiary/aromatic N) is 1. The Morgan fingerprint density at radius 1 is 1.38 bits per heavy atom. The van der Waals surface area contributed by atoms with Gasteiger partial charge in [-0.2, -0.15) is 0 Å². The van der Waals surface area contributed by atoms with Gasteiger partial charge < -0.3 is 10.1 Å². The number of rotatable bonds is 6. The molecule has 1 fully saturated rings. The van der Waals surface area contributed by atoms with Crippen molar-refractivity contribution in [2.24, 2.45) is 0 Å². The van der Waals surface area contributed by atoms with E-state index in [2.05, 4.69) is 17.1 Å². The van der Waals surface area contributed by atoms with Crippen LogP contribution in [0.2, 0.25) is 5.02 Å². The summed E-state index contributed by atoms with van der Waals surface area (Å²) in [7, 11) is 0. The fraction of sp³-hybridized carbons (Fsp3) is 0.562. The lowest BCUT2D eigenvalue weighted by Gasteiger charge is -2.26. The van der Waals surface area contributed by atoms with E-state index in [1.807, 2.05) is 18.2 Å². The number of hydrogen-bond acceptors (Lipinski definition) is 3. The maximum atomic E-state index is 12.0. The van der Waals surface area contributed by atoms with E-state index >= 15 is 0 Å². The quantitative estimate of drug-likeness (QED) is 0.878. The number of aryl methyl sites for hydroxylation is 1. The van der Waals surface area contributed by atoms with Crippen LogP contribution in [0.25, 0.3) is 0 Å². The van der Waals surface area contributed by atoms with E-state index in [9.17, 15) is 4.79 Å². The number of morpholine rings is 1. The maximum Gasteiger partial charge on any atom is 0.224 e. The van der Waals surface area contributed by atoms with Gasteiger partial charge in [0.2, 0.25) is 5.91 Å². The number of anilines is 1. The highest BCUT2D eigenvalue weighted by Gasteiger charge is 2.11. The van der Waals surface area contributed by atoms with Crippen LogP contribution in [0.15, 0.2) is 18.2 Å². The maximum absolute atomic E-state index is 12.0. The summed E-state index contributed by atoms with van der Waals surface area (Å²) in [5, 5.41) is 3.50. The Labute approximate surface area is 131 Å². The molecule has 4 nitrogen and oxygen atoms in total. The van der Waals surface area contributed by atoms with Crippen molar-refractivity contribution < 1.29 is 9.53 Å². The number of nitrogens with one attached hydrogen (secondary N) is 1. The highest BCUT2D eigenvalue weighted by Crippen LogP contribution is 2.23. The smallest absolute Gasteiger partial charge is 0.224 e. The summed E-state index contributed by atoms with van der Waals surface area (Å²) >= 11 is 6.12. The molecule has 0 saturated carbocycles. The molecule has 0 aliphatic carbocycles. The Morgan fingerprint density at radius 3 is 2.86 bits per heavy atom. The first-order chi connectivity index (χ1) is 10.2. The number of amides is 1. The van der Waals surface area contributed by atoms with Crippen LogP contribution < -0.4 is 5.32 Å². The highest BCUT2D eigenvalue weighted by atomic mass is 35.5. The first-order valence-electron chi connectivity index (χ1n) is 7.57.